The number of nitriles is 1. The van der Waals surface area contributed by atoms with Crippen LogP contribution >= 0.6 is 11.3 Å². The summed E-state index contributed by atoms with van der Waals surface area (Å²) in [6.45, 7) is 0.697. The number of thiophene rings is 1. The normalized spacial score (nSPS) is 15.3. The Morgan fingerprint density at radius 1 is 1.22 bits per heavy atom. The highest BCUT2D eigenvalue weighted by Crippen LogP contribution is 2.35. The molecular weight excluding hydrogens is 507 g/mol. The van der Waals surface area contributed by atoms with Gasteiger partial charge in [-0.2, -0.15) is 18.4 Å². The van der Waals surface area contributed by atoms with Gasteiger partial charge in [0.1, 0.15) is 16.7 Å². The highest BCUT2D eigenvalue weighted by atomic mass is 32.1. The van der Waals surface area contributed by atoms with Crippen LogP contribution in [0.4, 0.5) is 19.0 Å². The largest absolute Gasteiger partial charge is 0.465 e. The first kappa shape index (κ1) is 26.1. The van der Waals surface area contributed by atoms with Crippen LogP contribution in [0.5, 0.6) is 0 Å². The predicted octanol–water partition coefficient (Wildman–Crippen LogP) is 4.21. The molecule has 4 rings (SSSR count). The van der Waals surface area contributed by atoms with Crippen molar-refractivity contribution in [1.82, 2.24) is 15.3 Å². The van der Waals surface area contributed by atoms with Gasteiger partial charge in [0.25, 0.3) is 0 Å². The average Bonchev–Trinajstić information content (AvgIpc) is 3.58. The molecule has 1 amide bonds. The van der Waals surface area contributed by atoms with Crippen molar-refractivity contribution in [3.63, 3.8) is 0 Å². The molecule has 0 unspecified atom stereocenters. The van der Waals surface area contributed by atoms with Crippen molar-refractivity contribution in [1.29, 1.82) is 5.26 Å². The van der Waals surface area contributed by atoms with Crippen molar-refractivity contribution < 1.29 is 27.5 Å². The average molecular weight is 530 g/mol. The van der Waals surface area contributed by atoms with Crippen LogP contribution in [0.1, 0.15) is 39.5 Å². The second-order valence-electron chi connectivity index (χ2n) is 8.29. The number of carbonyl (C=O) groups is 2. The second-order valence-corrected chi connectivity index (χ2v) is 9.37. The number of amides is 1. The van der Waals surface area contributed by atoms with Crippen LogP contribution < -0.4 is 10.2 Å². The van der Waals surface area contributed by atoms with Crippen LogP contribution in [-0.4, -0.2) is 48.1 Å². The Balaban J connectivity index is 1.53. The minimum atomic E-state index is -4.80. The molecule has 1 aliphatic rings. The van der Waals surface area contributed by atoms with Crippen LogP contribution in [0.3, 0.4) is 0 Å². The molecule has 0 saturated carbocycles. The second kappa shape index (κ2) is 11.0. The van der Waals surface area contributed by atoms with Gasteiger partial charge in [-0.05, 0) is 49.1 Å². The van der Waals surface area contributed by atoms with Gasteiger partial charge in [-0.3, -0.25) is 4.79 Å². The Kier molecular flexibility index (Phi) is 7.73. The van der Waals surface area contributed by atoms with E-state index in [1.54, 1.807) is 17.0 Å². The van der Waals surface area contributed by atoms with E-state index in [4.69, 9.17) is 5.26 Å². The van der Waals surface area contributed by atoms with Crippen molar-refractivity contribution in [2.75, 3.05) is 25.1 Å². The molecule has 0 spiro atoms. The maximum absolute atomic E-state index is 13.7. The quantitative estimate of drug-likeness (QED) is 0.457. The third-order valence-corrected chi connectivity index (χ3v) is 6.94. The van der Waals surface area contributed by atoms with Crippen molar-refractivity contribution >= 4 is 29.0 Å². The first-order chi connectivity index (χ1) is 17.7. The number of hydrogen-bond donors (Lipinski definition) is 1. The first-order valence-electron chi connectivity index (χ1n) is 11.4. The highest BCUT2D eigenvalue weighted by Gasteiger charge is 2.38. The minimum Gasteiger partial charge on any atom is -0.465 e. The summed E-state index contributed by atoms with van der Waals surface area (Å²) < 4.78 is 45.6. The van der Waals surface area contributed by atoms with Gasteiger partial charge >= 0.3 is 12.1 Å². The lowest BCUT2D eigenvalue weighted by molar-refractivity contribution is -0.144. The third-order valence-electron chi connectivity index (χ3n) is 5.86. The molecular formula is C25H22F3N5O3S. The summed E-state index contributed by atoms with van der Waals surface area (Å²) in [6, 6.07) is 12.7. The van der Waals surface area contributed by atoms with Gasteiger partial charge < -0.3 is 15.0 Å². The maximum atomic E-state index is 13.7. The summed E-state index contributed by atoms with van der Waals surface area (Å²) >= 11 is 0.960. The Morgan fingerprint density at radius 2 is 1.97 bits per heavy atom. The minimum absolute atomic E-state index is 0.00403. The zero-order valence-corrected chi connectivity index (χ0v) is 20.5. The number of anilines is 1. The molecule has 37 heavy (non-hydrogen) atoms. The third kappa shape index (κ3) is 6.06. The molecule has 1 aliphatic heterocycles. The molecule has 1 saturated heterocycles. The highest BCUT2D eigenvalue weighted by molar-refractivity contribution is 7.17. The number of nitrogens with one attached hydrogen (secondary N) is 1. The van der Waals surface area contributed by atoms with E-state index in [0.29, 0.717) is 42.8 Å². The molecule has 8 nitrogen and oxygen atoms in total. The van der Waals surface area contributed by atoms with Crippen molar-refractivity contribution in [3.8, 4) is 16.6 Å². The van der Waals surface area contributed by atoms with Crippen LogP contribution in [0.2, 0.25) is 0 Å². The smallest absolute Gasteiger partial charge is 0.451 e. The molecule has 2 aromatic heterocycles. The van der Waals surface area contributed by atoms with Gasteiger partial charge in [-0.15, -0.1) is 11.3 Å². The number of nitrogens with zero attached hydrogens (tertiary/aromatic N) is 4. The maximum Gasteiger partial charge on any atom is 0.451 e. The zero-order chi connectivity index (χ0) is 26.6. The number of halogens is 3. The molecule has 3 aromatic rings. The molecule has 1 atom stereocenters. The van der Waals surface area contributed by atoms with Gasteiger partial charge in [0.15, 0.2) is 0 Å². The van der Waals surface area contributed by atoms with Crippen molar-refractivity contribution in [3.05, 3.63) is 64.3 Å². The summed E-state index contributed by atoms with van der Waals surface area (Å²) in [7, 11) is 1.22. The lowest BCUT2D eigenvalue weighted by Crippen LogP contribution is -2.44. The predicted molar refractivity (Wildman–Crippen MR) is 130 cm³/mol. The molecule has 12 heteroatoms. The van der Waals surface area contributed by atoms with E-state index in [-0.39, 0.29) is 22.3 Å². The van der Waals surface area contributed by atoms with Crippen LogP contribution in [-0.2, 0) is 22.1 Å². The zero-order valence-electron chi connectivity index (χ0n) is 19.7. The number of aromatic nitrogens is 2. The molecule has 0 radical (unpaired) electrons. The molecule has 3 heterocycles. The summed E-state index contributed by atoms with van der Waals surface area (Å²) in [5, 5.41) is 11.7. The van der Waals surface area contributed by atoms with Gasteiger partial charge in [0.05, 0.1) is 29.3 Å². The van der Waals surface area contributed by atoms with E-state index in [9.17, 15) is 22.8 Å². The van der Waals surface area contributed by atoms with Crippen LogP contribution in [0.15, 0.2) is 42.5 Å². The molecule has 1 N–H and O–H groups in total. The molecule has 192 valence electrons. The van der Waals surface area contributed by atoms with Gasteiger partial charge in [0.2, 0.25) is 11.7 Å². The van der Waals surface area contributed by atoms with E-state index >= 15 is 0 Å². The number of benzene rings is 1. The van der Waals surface area contributed by atoms with Crippen LogP contribution in [0.25, 0.3) is 10.6 Å². The topological polar surface area (TPSA) is 108 Å². The Morgan fingerprint density at radius 3 is 2.65 bits per heavy atom. The number of esters is 1. The Labute approximate surface area is 214 Å². The van der Waals surface area contributed by atoms with Gasteiger partial charge in [-0.1, -0.05) is 12.1 Å². The number of carbonyl (C=O) groups excluding carboxylic acids is 2. The Hall–Kier alpha value is -3.98. The number of hydrogen-bond acceptors (Lipinski definition) is 8. The van der Waals surface area contributed by atoms with E-state index in [0.717, 1.165) is 16.9 Å². The van der Waals surface area contributed by atoms with E-state index < -0.39 is 24.0 Å². The lowest BCUT2D eigenvalue weighted by Gasteiger charge is -2.26. The molecule has 1 aromatic carbocycles. The summed E-state index contributed by atoms with van der Waals surface area (Å²) in [6.07, 6.45) is -3.18. The molecule has 0 aliphatic carbocycles. The fraction of sp³-hybridized carbons (Fsp3) is 0.320. The Bertz CT molecular complexity index is 1330. The lowest BCUT2D eigenvalue weighted by atomic mass is 10.1. The van der Waals surface area contributed by atoms with E-state index in [1.807, 2.05) is 18.2 Å². The van der Waals surface area contributed by atoms with Crippen LogP contribution in [0, 0.1) is 11.3 Å². The van der Waals surface area contributed by atoms with Gasteiger partial charge in [0, 0.05) is 19.2 Å². The first-order valence-corrected chi connectivity index (χ1v) is 12.2. The SMILES string of the molecule is COC(=O)c1ccc(-c2cc(N3CCC[C@H]3C(=O)NCCc3ccc(C#N)cc3)nc(C(F)(F)F)n2)s1. The van der Waals surface area contributed by atoms with E-state index in [2.05, 4.69) is 20.0 Å². The van der Waals surface area contributed by atoms with E-state index in [1.165, 1.54) is 25.3 Å². The fourth-order valence-corrected chi connectivity index (χ4v) is 4.91. The fourth-order valence-electron chi connectivity index (χ4n) is 4.03. The summed E-state index contributed by atoms with van der Waals surface area (Å²) in [5.74, 6) is -2.22. The van der Waals surface area contributed by atoms with Crippen molar-refractivity contribution in [2.24, 2.45) is 0 Å². The van der Waals surface area contributed by atoms with Crippen molar-refractivity contribution in [2.45, 2.75) is 31.5 Å². The van der Waals surface area contributed by atoms with Gasteiger partial charge in [-0.25, -0.2) is 14.8 Å². The molecule has 0 bridgehead atoms. The monoisotopic (exact) mass is 529 g/mol. The standard InChI is InChI=1S/C25H22F3N5O3S/c1-36-23(35)20-9-8-19(37-20)17-13-21(32-24(31-17)25(26,27)28)33-12-2-3-18(33)22(34)30-11-10-15-4-6-16(14-29)7-5-15/h4-9,13,18H,2-3,10-12H2,1H3,(H,30,34)/t18-/m0/s1. The number of methoxy groups -OCH3 is 1. The summed E-state index contributed by atoms with van der Waals surface area (Å²) in [4.78, 5) is 34.3. The summed E-state index contributed by atoms with van der Waals surface area (Å²) in [5.41, 5.74) is 1.49. The molecule has 1 fully saturated rings. The number of alkyl halides is 3. The number of ether oxygens (including phenoxy) is 1. The number of rotatable bonds is 7.